The number of likely N-dealkylation sites (N-methyl/N-ethyl adjacent to an activating group) is 1. The number of benzene rings is 1. The first-order chi connectivity index (χ1) is 15.4. The molecule has 1 aromatic carbocycles. The number of alkyl halides is 2. The molecule has 12 heteroatoms. The second-order valence-electron chi connectivity index (χ2n) is 8.49. The van der Waals surface area contributed by atoms with E-state index >= 15 is 0 Å². The van der Waals surface area contributed by atoms with Crippen LogP contribution >= 0.6 is 0 Å². The van der Waals surface area contributed by atoms with Gasteiger partial charge in [-0.1, -0.05) is 18.7 Å². The highest BCUT2D eigenvalue weighted by Gasteiger charge is 2.57. The normalized spacial score (nSPS) is 23.7. The molecule has 0 radical (unpaired) electrons. The lowest BCUT2D eigenvalue weighted by atomic mass is 9.92. The Morgan fingerprint density at radius 3 is 2.45 bits per heavy atom. The van der Waals surface area contributed by atoms with E-state index in [1.807, 2.05) is 0 Å². The van der Waals surface area contributed by atoms with Crippen LogP contribution in [0.3, 0.4) is 0 Å². The van der Waals surface area contributed by atoms with Gasteiger partial charge in [-0.2, -0.15) is 4.31 Å². The minimum absolute atomic E-state index is 0.000643. The average Bonchev–Trinajstić information content (AvgIpc) is 3.14. The van der Waals surface area contributed by atoms with Crippen molar-refractivity contribution in [3.8, 4) is 0 Å². The molecule has 3 atom stereocenters. The summed E-state index contributed by atoms with van der Waals surface area (Å²) in [6.07, 6.45) is 0.264. The largest absolute Gasteiger partial charge is 0.356 e. The van der Waals surface area contributed by atoms with E-state index in [9.17, 15) is 30.4 Å². The third-order valence-electron chi connectivity index (χ3n) is 6.10. The second-order valence-corrected chi connectivity index (χ2v) is 12.1. The summed E-state index contributed by atoms with van der Waals surface area (Å²) in [4.78, 5) is 12.5. The van der Waals surface area contributed by atoms with Gasteiger partial charge < -0.3 is 5.32 Å². The molecule has 1 saturated heterocycles. The Morgan fingerprint density at radius 1 is 1.27 bits per heavy atom. The molecular formula is C21H29F2N3O5S2. The van der Waals surface area contributed by atoms with Crippen LogP contribution < -0.4 is 10.0 Å². The molecule has 1 heterocycles. The van der Waals surface area contributed by atoms with Crippen LogP contribution in [-0.2, 0) is 24.8 Å². The molecule has 8 nitrogen and oxygen atoms in total. The van der Waals surface area contributed by atoms with Crippen molar-refractivity contribution in [2.45, 2.75) is 42.9 Å². The summed E-state index contributed by atoms with van der Waals surface area (Å²) in [7, 11) is -7.40. The van der Waals surface area contributed by atoms with E-state index in [0.29, 0.717) is 18.5 Å². The van der Waals surface area contributed by atoms with Crippen molar-refractivity contribution >= 4 is 26.0 Å². The van der Waals surface area contributed by atoms with Gasteiger partial charge in [-0.15, -0.1) is 0 Å². The first-order valence-electron chi connectivity index (χ1n) is 10.8. The first kappa shape index (κ1) is 25.7. The highest BCUT2D eigenvalue weighted by molar-refractivity contribution is 7.92. The maximum absolute atomic E-state index is 13.4. The minimum atomic E-state index is -3.82. The van der Waals surface area contributed by atoms with E-state index in [1.54, 1.807) is 6.92 Å². The summed E-state index contributed by atoms with van der Waals surface area (Å²) >= 11 is 0. The summed E-state index contributed by atoms with van der Waals surface area (Å²) in [6, 6.07) is 5.77. The molecule has 2 N–H and O–H groups in total. The molecule has 33 heavy (non-hydrogen) atoms. The zero-order chi connectivity index (χ0) is 24.4. The monoisotopic (exact) mass is 505 g/mol. The Balaban J connectivity index is 1.69. The Labute approximate surface area is 193 Å². The van der Waals surface area contributed by atoms with Crippen molar-refractivity contribution in [2.24, 2.45) is 11.8 Å². The fourth-order valence-electron chi connectivity index (χ4n) is 4.00. The smallest absolute Gasteiger partial charge is 0.251 e. The predicted molar refractivity (Wildman–Crippen MR) is 120 cm³/mol. The molecule has 2 aliphatic rings. The topological polar surface area (TPSA) is 113 Å². The predicted octanol–water partition coefficient (Wildman–Crippen LogP) is 2.03. The number of rotatable bonds is 11. The van der Waals surface area contributed by atoms with E-state index < -0.39 is 37.8 Å². The molecule has 184 valence electrons. The highest BCUT2D eigenvalue weighted by Crippen LogP contribution is 2.53. The molecule has 3 rings (SSSR count). The molecular weight excluding hydrogens is 476 g/mol. The SMILES string of the molecule is C=CS(=O)(=O)NC[C@H]1CCN(S(=O)(=O)c2ccc(C(CC3CC3(F)F)C(=O)NCC)cc2)C1. The molecule has 1 amide bonds. The van der Waals surface area contributed by atoms with E-state index in [-0.39, 0.29) is 49.2 Å². The van der Waals surface area contributed by atoms with Gasteiger partial charge in [0.15, 0.2) is 0 Å². The minimum Gasteiger partial charge on any atom is -0.356 e. The van der Waals surface area contributed by atoms with Crippen molar-refractivity contribution in [1.29, 1.82) is 0 Å². The maximum atomic E-state index is 13.4. The molecule has 1 aromatic rings. The fourth-order valence-corrected chi connectivity index (χ4v) is 6.11. The zero-order valence-corrected chi connectivity index (χ0v) is 20.0. The van der Waals surface area contributed by atoms with E-state index in [1.165, 1.54) is 28.6 Å². The van der Waals surface area contributed by atoms with E-state index in [4.69, 9.17) is 0 Å². The van der Waals surface area contributed by atoms with Gasteiger partial charge in [-0.05, 0) is 43.4 Å². The number of nitrogens with zero attached hydrogens (tertiary/aromatic N) is 1. The van der Waals surface area contributed by atoms with Gasteiger partial charge in [-0.25, -0.2) is 30.3 Å². The van der Waals surface area contributed by atoms with Crippen LogP contribution in [0.5, 0.6) is 0 Å². The van der Waals surface area contributed by atoms with Crippen LogP contribution in [0.15, 0.2) is 41.1 Å². The summed E-state index contributed by atoms with van der Waals surface area (Å²) in [5, 5.41) is 3.46. The molecule has 1 aliphatic carbocycles. The van der Waals surface area contributed by atoms with E-state index in [0.717, 1.165) is 5.41 Å². The van der Waals surface area contributed by atoms with Gasteiger partial charge >= 0.3 is 0 Å². The summed E-state index contributed by atoms with van der Waals surface area (Å²) in [5.74, 6) is -4.92. The zero-order valence-electron chi connectivity index (χ0n) is 18.3. The van der Waals surface area contributed by atoms with E-state index in [2.05, 4.69) is 16.6 Å². The summed E-state index contributed by atoms with van der Waals surface area (Å²) < 4.78 is 79.6. The third-order valence-corrected chi connectivity index (χ3v) is 8.99. The Bertz CT molecular complexity index is 1090. The van der Waals surface area contributed by atoms with Gasteiger partial charge in [0, 0.05) is 43.9 Å². The number of carbonyl (C=O) groups is 1. The number of halogens is 2. The highest BCUT2D eigenvalue weighted by atomic mass is 32.2. The van der Waals surface area contributed by atoms with Crippen LogP contribution in [0.1, 0.15) is 37.7 Å². The van der Waals surface area contributed by atoms with Crippen molar-refractivity contribution < 1.29 is 30.4 Å². The summed E-state index contributed by atoms with van der Waals surface area (Å²) in [6.45, 7) is 5.85. The summed E-state index contributed by atoms with van der Waals surface area (Å²) in [5.41, 5.74) is 0.487. The van der Waals surface area contributed by atoms with Crippen molar-refractivity contribution in [3.63, 3.8) is 0 Å². The van der Waals surface area contributed by atoms with Crippen LogP contribution in [0.25, 0.3) is 0 Å². The number of hydrogen-bond acceptors (Lipinski definition) is 5. The number of hydrogen-bond donors (Lipinski definition) is 2. The number of amides is 1. The molecule has 0 spiro atoms. The lowest BCUT2D eigenvalue weighted by Crippen LogP contribution is -2.32. The molecule has 0 aromatic heterocycles. The van der Waals surface area contributed by atoms with Crippen LogP contribution in [0.4, 0.5) is 8.78 Å². The average molecular weight is 506 g/mol. The molecule has 2 fully saturated rings. The molecule has 1 aliphatic heterocycles. The molecule has 2 unspecified atom stereocenters. The van der Waals surface area contributed by atoms with Crippen LogP contribution in [0, 0.1) is 11.8 Å². The van der Waals surface area contributed by atoms with Gasteiger partial charge in [0.25, 0.3) is 5.92 Å². The Kier molecular flexibility index (Phi) is 7.62. The fraction of sp³-hybridized carbons (Fsp3) is 0.571. The maximum Gasteiger partial charge on any atom is 0.251 e. The Hall–Kier alpha value is -1.89. The van der Waals surface area contributed by atoms with Crippen molar-refractivity contribution in [2.75, 3.05) is 26.2 Å². The second kappa shape index (κ2) is 9.77. The standard InChI is InChI=1S/C21H29F2N3O5S2/c1-3-24-20(27)19(11-17-12-21(17,22)23)16-5-7-18(8-6-16)33(30,31)26-10-9-15(14-26)13-25-32(28,29)4-2/h4-8,15,17,19,25H,2-3,9-14H2,1H3,(H,24,27)/t15-,17?,19?/m1/s1. The number of nitrogens with one attached hydrogen (secondary N) is 2. The van der Waals surface area contributed by atoms with Crippen molar-refractivity contribution in [1.82, 2.24) is 14.3 Å². The lowest BCUT2D eigenvalue weighted by molar-refractivity contribution is -0.122. The Morgan fingerprint density at radius 2 is 1.91 bits per heavy atom. The van der Waals surface area contributed by atoms with Crippen molar-refractivity contribution in [3.05, 3.63) is 41.8 Å². The van der Waals surface area contributed by atoms with Gasteiger partial charge in [0.2, 0.25) is 26.0 Å². The van der Waals surface area contributed by atoms with Gasteiger partial charge in [0.1, 0.15) is 0 Å². The quantitative estimate of drug-likeness (QED) is 0.478. The molecule has 1 saturated carbocycles. The number of sulfonamides is 2. The lowest BCUT2D eigenvalue weighted by Gasteiger charge is -2.19. The molecule has 0 bridgehead atoms. The van der Waals surface area contributed by atoms with Gasteiger partial charge in [-0.3, -0.25) is 4.79 Å². The van der Waals surface area contributed by atoms with Gasteiger partial charge in [0.05, 0.1) is 10.8 Å². The number of carbonyl (C=O) groups excluding carboxylic acids is 1. The van der Waals surface area contributed by atoms with Crippen LogP contribution in [-0.4, -0.2) is 59.1 Å². The third kappa shape index (κ3) is 6.17. The van der Waals surface area contributed by atoms with Crippen LogP contribution in [0.2, 0.25) is 0 Å². The first-order valence-corrected chi connectivity index (χ1v) is 13.8.